The van der Waals surface area contributed by atoms with E-state index >= 15 is 0 Å². The van der Waals surface area contributed by atoms with Crippen LogP contribution in [0.2, 0.25) is 0 Å². The predicted octanol–water partition coefficient (Wildman–Crippen LogP) is -0.861. The van der Waals surface area contributed by atoms with Crippen LogP contribution in [0.1, 0.15) is 5.56 Å². The summed E-state index contributed by atoms with van der Waals surface area (Å²) in [5, 5.41) is 28.6. The molecule has 0 aromatic heterocycles. The number of ether oxygens (including phenoxy) is 1. The van der Waals surface area contributed by atoms with Crippen molar-refractivity contribution in [3.8, 4) is 0 Å². The van der Waals surface area contributed by atoms with Crippen LogP contribution in [-0.2, 0) is 19.0 Å². The minimum Gasteiger partial charge on any atom is -0.388 e. The van der Waals surface area contributed by atoms with Crippen molar-refractivity contribution >= 4 is 10.1 Å². The molecule has 1 aliphatic heterocycles. The van der Waals surface area contributed by atoms with Gasteiger partial charge in [-0.05, 0) is 19.1 Å². The van der Waals surface area contributed by atoms with Crippen LogP contribution in [0.25, 0.3) is 0 Å². The van der Waals surface area contributed by atoms with E-state index in [2.05, 4.69) is 0 Å². The molecule has 2 rings (SSSR count). The Kier molecular flexibility index (Phi) is 4.43. The number of rotatable bonds is 3. The van der Waals surface area contributed by atoms with Crippen molar-refractivity contribution in [3.05, 3.63) is 29.8 Å². The van der Waals surface area contributed by atoms with Gasteiger partial charge in [0.25, 0.3) is 10.1 Å². The van der Waals surface area contributed by atoms with Gasteiger partial charge in [0.15, 0.2) is 12.4 Å². The van der Waals surface area contributed by atoms with E-state index < -0.39 is 34.7 Å². The highest BCUT2D eigenvalue weighted by Crippen LogP contribution is 2.22. The first-order valence-corrected chi connectivity index (χ1v) is 7.38. The van der Waals surface area contributed by atoms with Crippen molar-refractivity contribution in [3.63, 3.8) is 0 Å². The topological polar surface area (TPSA) is 113 Å². The van der Waals surface area contributed by atoms with Crippen LogP contribution in [0, 0.1) is 6.92 Å². The molecule has 0 bridgehead atoms. The molecule has 1 saturated heterocycles. The zero-order valence-electron chi connectivity index (χ0n) is 10.7. The van der Waals surface area contributed by atoms with Crippen LogP contribution in [0.4, 0.5) is 0 Å². The Morgan fingerprint density at radius 3 is 2.40 bits per heavy atom. The highest BCUT2D eigenvalue weighted by Gasteiger charge is 2.41. The highest BCUT2D eigenvalue weighted by atomic mass is 32.2. The molecule has 3 N–H and O–H groups in total. The molecule has 4 atom stereocenters. The smallest absolute Gasteiger partial charge is 0.297 e. The summed E-state index contributed by atoms with van der Waals surface area (Å²) in [6, 6.07) is 5.89. The van der Waals surface area contributed by atoms with Crippen LogP contribution in [0.3, 0.4) is 0 Å². The van der Waals surface area contributed by atoms with Gasteiger partial charge in [0.2, 0.25) is 0 Å². The summed E-state index contributed by atoms with van der Waals surface area (Å²) < 4.78 is 33.6. The van der Waals surface area contributed by atoms with Gasteiger partial charge in [0, 0.05) is 0 Å². The maximum Gasteiger partial charge on any atom is 0.297 e. The van der Waals surface area contributed by atoms with Crippen molar-refractivity contribution < 1.29 is 32.7 Å². The van der Waals surface area contributed by atoms with Crippen LogP contribution >= 0.6 is 0 Å². The molecule has 0 radical (unpaired) electrons. The Bertz CT molecular complexity index is 554. The third-order valence-corrected chi connectivity index (χ3v) is 4.32. The minimum atomic E-state index is -4.18. The normalized spacial score (nSPS) is 31.2. The quantitative estimate of drug-likeness (QED) is 0.623. The number of hydrogen-bond acceptors (Lipinski definition) is 7. The van der Waals surface area contributed by atoms with Crippen LogP contribution in [0.15, 0.2) is 29.2 Å². The molecule has 0 amide bonds. The molecular weight excluding hydrogens is 288 g/mol. The van der Waals surface area contributed by atoms with Gasteiger partial charge in [-0.2, -0.15) is 8.42 Å². The third-order valence-electron chi connectivity index (χ3n) is 3.00. The van der Waals surface area contributed by atoms with E-state index in [0.29, 0.717) is 0 Å². The van der Waals surface area contributed by atoms with Gasteiger partial charge in [-0.25, -0.2) is 0 Å². The first-order valence-electron chi connectivity index (χ1n) is 5.97. The monoisotopic (exact) mass is 304 g/mol. The van der Waals surface area contributed by atoms with Crippen LogP contribution < -0.4 is 0 Å². The van der Waals surface area contributed by atoms with Crippen LogP contribution in [0.5, 0.6) is 0 Å². The summed E-state index contributed by atoms with van der Waals surface area (Å²) in [5.74, 6) is 0. The first-order chi connectivity index (χ1) is 9.31. The van der Waals surface area contributed by atoms with Gasteiger partial charge in [0.05, 0.1) is 11.5 Å². The van der Waals surface area contributed by atoms with E-state index in [1.54, 1.807) is 19.1 Å². The maximum atomic E-state index is 12.0. The molecule has 1 aliphatic rings. The molecule has 0 unspecified atom stereocenters. The van der Waals surface area contributed by atoms with E-state index in [-0.39, 0.29) is 11.5 Å². The Morgan fingerprint density at radius 1 is 1.20 bits per heavy atom. The van der Waals surface area contributed by atoms with Crippen molar-refractivity contribution in [1.29, 1.82) is 0 Å². The molecule has 8 heteroatoms. The largest absolute Gasteiger partial charge is 0.388 e. The van der Waals surface area contributed by atoms with Crippen molar-refractivity contribution in [1.82, 2.24) is 0 Å². The average Bonchev–Trinajstić information content (AvgIpc) is 2.40. The maximum absolute atomic E-state index is 12.0. The summed E-state index contributed by atoms with van der Waals surface area (Å²) in [6.07, 6.45) is -6.09. The SMILES string of the molecule is Cc1ccc(S(=O)(=O)O[C@H]2[C@H](O)[C@@H](O)CO[C@@H]2O)cc1. The summed E-state index contributed by atoms with van der Waals surface area (Å²) in [5.41, 5.74) is 0.875. The first kappa shape index (κ1) is 15.4. The Balaban J connectivity index is 2.20. The molecule has 1 aromatic rings. The van der Waals surface area contributed by atoms with E-state index in [1.807, 2.05) is 0 Å². The molecule has 1 fully saturated rings. The lowest BCUT2D eigenvalue weighted by molar-refractivity contribution is -0.244. The number of benzene rings is 1. The molecule has 0 saturated carbocycles. The summed E-state index contributed by atoms with van der Waals surface area (Å²) >= 11 is 0. The molecule has 0 aliphatic carbocycles. The Hall–Kier alpha value is -1.03. The molecule has 0 spiro atoms. The second kappa shape index (κ2) is 5.76. The highest BCUT2D eigenvalue weighted by molar-refractivity contribution is 7.86. The van der Waals surface area contributed by atoms with Gasteiger partial charge in [-0.1, -0.05) is 17.7 Å². The lowest BCUT2D eigenvalue weighted by Gasteiger charge is -2.34. The summed E-state index contributed by atoms with van der Waals surface area (Å²) in [4.78, 5) is -0.109. The molecule has 112 valence electrons. The molecular formula is C12H16O7S. The van der Waals surface area contributed by atoms with Gasteiger partial charge >= 0.3 is 0 Å². The number of aliphatic hydroxyl groups is 3. The summed E-state index contributed by atoms with van der Waals surface area (Å²) in [7, 11) is -4.18. The zero-order valence-corrected chi connectivity index (χ0v) is 11.5. The second-order valence-corrected chi connectivity index (χ2v) is 6.18. The Morgan fingerprint density at radius 2 is 1.80 bits per heavy atom. The van der Waals surface area contributed by atoms with Crippen LogP contribution in [-0.4, -0.2) is 54.9 Å². The van der Waals surface area contributed by atoms with E-state index in [1.165, 1.54) is 12.1 Å². The fourth-order valence-electron chi connectivity index (χ4n) is 1.79. The second-order valence-electron chi connectivity index (χ2n) is 4.61. The summed E-state index contributed by atoms with van der Waals surface area (Å²) in [6.45, 7) is 1.50. The van der Waals surface area contributed by atoms with E-state index in [9.17, 15) is 23.7 Å². The van der Waals surface area contributed by atoms with E-state index in [4.69, 9.17) is 8.92 Å². The van der Waals surface area contributed by atoms with Gasteiger partial charge in [0.1, 0.15) is 12.2 Å². The molecule has 1 aromatic carbocycles. The standard InChI is InChI=1S/C12H16O7S/c1-7-2-4-8(5-3-7)20(16,17)19-11-10(14)9(13)6-18-12(11)15/h2-5,9-15H,6H2,1H3/t9-,10+,11-,12-/m0/s1. The number of hydrogen-bond donors (Lipinski definition) is 3. The zero-order chi connectivity index (χ0) is 14.9. The molecule has 7 nitrogen and oxygen atoms in total. The predicted molar refractivity (Wildman–Crippen MR) is 67.2 cm³/mol. The fourth-order valence-corrected chi connectivity index (χ4v) is 2.87. The Labute approximate surface area is 116 Å². The third kappa shape index (κ3) is 3.17. The van der Waals surface area contributed by atoms with Crippen molar-refractivity contribution in [2.75, 3.05) is 6.61 Å². The van der Waals surface area contributed by atoms with Crippen molar-refractivity contribution in [2.24, 2.45) is 0 Å². The lowest BCUT2D eigenvalue weighted by Crippen LogP contribution is -2.54. The fraction of sp³-hybridized carbons (Fsp3) is 0.500. The van der Waals surface area contributed by atoms with Gasteiger partial charge in [-0.3, -0.25) is 4.18 Å². The van der Waals surface area contributed by atoms with E-state index in [0.717, 1.165) is 5.56 Å². The van der Waals surface area contributed by atoms with Crippen molar-refractivity contribution in [2.45, 2.75) is 36.4 Å². The van der Waals surface area contributed by atoms with Gasteiger partial charge < -0.3 is 20.1 Å². The average molecular weight is 304 g/mol. The molecule has 20 heavy (non-hydrogen) atoms. The number of aliphatic hydroxyl groups excluding tert-OH is 3. The molecule has 1 heterocycles. The minimum absolute atomic E-state index is 0.109. The lowest BCUT2D eigenvalue weighted by atomic mass is 10.1. The number of aryl methyl sites for hydroxylation is 1. The van der Waals surface area contributed by atoms with Gasteiger partial charge in [-0.15, -0.1) is 0 Å².